The van der Waals surface area contributed by atoms with Gasteiger partial charge in [-0.25, -0.2) is 0 Å². The van der Waals surface area contributed by atoms with E-state index >= 15 is 0 Å². The molecule has 0 aliphatic carbocycles. The van der Waals surface area contributed by atoms with Crippen LogP contribution in [0.5, 0.6) is 0 Å². The van der Waals surface area contributed by atoms with Crippen molar-refractivity contribution in [2.75, 3.05) is 25.5 Å². The van der Waals surface area contributed by atoms with Gasteiger partial charge in [0.1, 0.15) is 0 Å². The van der Waals surface area contributed by atoms with Crippen LogP contribution in [0.1, 0.15) is 21.5 Å². The zero-order chi connectivity index (χ0) is 18.8. The van der Waals surface area contributed by atoms with Crippen LogP contribution in [-0.2, 0) is 9.59 Å². The van der Waals surface area contributed by atoms with Crippen LogP contribution in [0.15, 0.2) is 48.5 Å². The molecule has 1 aliphatic rings. The lowest BCUT2D eigenvalue weighted by Crippen LogP contribution is -2.47. The molecular formula is C20H17N2O4-. The number of benzene rings is 2. The number of hydrogen-bond donors (Lipinski definition) is 0. The first-order chi connectivity index (χ1) is 12.4. The lowest BCUT2D eigenvalue weighted by Gasteiger charge is -2.28. The van der Waals surface area contributed by atoms with Crippen molar-refractivity contribution in [1.82, 2.24) is 4.90 Å². The maximum absolute atomic E-state index is 12.8. The van der Waals surface area contributed by atoms with E-state index in [0.717, 1.165) is 11.3 Å². The van der Waals surface area contributed by atoms with Crippen molar-refractivity contribution in [3.63, 3.8) is 0 Å². The Balaban J connectivity index is 2.09. The van der Waals surface area contributed by atoms with E-state index in [0.29, 0.717) is 16.0 Å². The van der Waals surface area contributed by atoms with Crippen LogP contribution in [0, 0.1) is 0 Å². The monoisotopic (exact) mass is 349 g/mol. The number of carbonyl (C=O) groups excluding carboxylic acids is 3. The third kappa shape index (κ3) is 3.21. The molecule has 132 valence electrons. The third-order valence-corrected chi connectivity index (χ3v) is 4.18. The van der Waals surface area contributed by atoms with Crippen molar-refractivity contribution >= 4 is 35.1 Å². The third-order valence-electron chi connectivity index (χ3n) is 4.18. The second-order valence-electron chi connectivity index (χ2n) is 6.16. The van der Waals surface area contributed by atoms with Gasteiger partial charge in [0.2, 0.25) is 0 Å². The number of carbonyl (C=O) groups is 3. The maximum atomic E-state index is 12.8. The van der Waals surface area contributed by atoms with Gasteiger partial charge in [0.05, 0.1) is 12.5 Å². The molecule has 2 aromatic carbocycles. The van der Waals surface area contributed by atoms with E-state index < -0.39 is 24.3 Å². The van der Waals surface area contributed by atoms with Gasteiger partial charge in [-0.1, -0.05) is 30.3 Å². The molecular weight excluding hydrogens is 332 g/mol. The van der Waals surface area contributed by atoms with Crippen molar-refractivity contribution in [3.05, 3.63) is 65.2 Å². The van der Waals surface area contributed by atoms with E-state index in [-0.39, 0.29) is 5.57 Å². The Morgan fingerprint density at radius 2 is 1.62 bits per heavy atom. The molecule has 3 rings (SSSR count). The summed E-state index contributed by atoms with van der Waals surface area (Å²) in [6, 6.07) is 14.2. The summed E-state index contributed by atoms with van der Waals surface area (Å²) >= 11 is 0. The summed E-state index contributed by atoms with van der Waals surface area (Å²) in [5.41, 5.74) is 2.85. The molecule has 6 heteroatoms. The van der Waals surface area contributed by atoms with Gasteiger partial charge in [-0.15, -0.1) is 0 Å². The summed E-state index contributed by atoms with van der Waals surface area (Å²) in [5, 5.41) is 11.0. The number of aliphatic carboxylic acids is 1. The van der Waals surface area contributed by atoms with Gasteiger partial charge in [0.25, 0.3) is 11.8 Å². The SMILES string of the molecule is CN(C)c1ccc(/C=C2\C(=O)N(CC(=O)[O-])C(=O)c3ccccc32)cc1. The minimum absolute atomic E-state index is 0.277. The van der Waals surface area contributed by atoms with Crippen LogP contribution in [0.4, 0.5) is 5.69 Å². The Morgan fingerprint density at radius 3 is 2.19 bits per heavy atom. The number of fused-ring (bicyclic) bond motifs is 1. The van der Waals surface area contributed by atoms with Crippen LogP contribution in [0.3, 0.4) is 0 Å². The fraction of sp³-hybridized carbons (Fsp3) is 0.150. The first kappa shape index (κ1) is 17.4. The summed E-state index contributed by atoms with van der Waals surface area (Å²) in [6.07, 6.45) is 1.66. The molecule has 26 heavy (non-hydrogen) atoms. The predicted molar refractivity (Wildman–Crippen MR) is 96.1 cm³/mol. The Hall–Kier alpha value is -3.41. The number of anilines is 1. The predicted octanol–water partition coefficient (Wildman–Crippen LogP) is 1.03. The maximum Gasteiger partial charge on any atom is 0.261 e. The highest BCUT2D eigenvalue weighted by Gasteiger charge is 2.34. The topological polar surface area (TPSA) is 80.8 Å². The van der Waals surface area contributed by atoms with Crippen molar-refractivity contribution in [3.8, 4) is 0 Å². The van der Waals surface area contributed by atoms with Gasteiger partial charge >= 0.3 is 0 Å². The fourth-order valence-corrected chi connectivity index (χ4v) is 2.85. The van der Waals surface area contributed by atoms with E-state index in [1.165, 1.54) is 0 Å². The Labute approximate surface area is 151 Å². The van der Waals surface area contributed by atoms with E-state index in [1.54, 1.807) is 30.3 Å². The van der Waals surface area contributed by atoms with Crippen LogP contribution in [0.25, 0.3) is 11.6 Å². The molecule has 0 fully saturated rings. The lowest BCUT2D eigenvalue weighted by molar-refractivity contribution is -0.305. The number of nitrogens with zero attached hydrogens (tertiary/aromatic N) is 2. The number of amides is 2. The zero-order valence-electron chi connectivity index (χ0n) is 14.4. The quantitative estimate of drug-likeness (QED) is 0.608. The molecule has 0 spiro atoms. The summed E-state index contributed by atoms with van der Waals surface area (Å²) in [6.45, 7) is -0.775. The summed E-state index contributed by atoms with van der Waals surface area (Å²) in [7, 11) is 3.86. The van der Waals surface area contributed by atoms with Gasteiger partial charge in [-0.05, 0) is 35.4 Å². The van der Waals surface area contributed by atoms with Gasteiger partial charge in [-0.3, -0.25) is 14.5 Å². The lowest BCUT2D eigenvalue weighted by atomic mass is 9.92. The molecule has 0 saturated carbocycles. The largest absolute Gasteiger partial charge is 0.548 e. The summed E-state index contributed by atoms with van der Waals surface area (Å²) in [5.74, 6) is -2.76. The highest BCUT2D eigenvalue weighted by atomic mass is 16.4. The number of rotatable bonds is 4. The van der Waals surface area contributed by atoms with Gasteiger partial charge < -0.3 is 14.8 Å². The molecule has 0 N–H and O–H groups in total. The van der Waals surface area contributed by atoms with Gasteiger partial charge in [0.15, 0.2) is 0 Å². The highest BCUT2D eigenvalue weighted by Crippen LogP contribution is 2.30. The van der Waals surface area contributed by atoms with Crippen molar-refractivity contribution < 1.29 is 19.5 Å². The molecule has 0 bridgehead atoms. The van der Waals surface area contributed by atoms with Gasteiger partial charge in [-0.2, -0.15) is 0 Å². The highest BCUT2D eigenvalue weighted by molar-refractivity contribution is 6.34. The number of carboxylic acid groups (broad SMARTS) is 1. The molecule has 2 aromatic rings. The first-order valence-corrected chi connectivity index (χ1v) is 8.03. The van der Waals surface area contributed by atoms with Crippen LogP contribution in [-0.4, -0.2) is 43.3 Å². The average molecular weight is 349 g/mol. The summed E-state index contributed by atoms with van der Waals surface area (Å²) in [4.78, 5) is 38.8. The summed E-state index contributed by atoms with van der Waals surface area (Å²) < 4.78 is 0. The molecule has 0 unspecified atom stereocenters. The molecule has 0 radical (unpaired) electrons. The average Bonchev–Trinajstić information content (AvgIpc) is 2.62. The smallest absolute Gasteiger partial charge is 0.261 e. The number of hydrogen-bond acceptors (Lipinski definition) is 5. The fourth-order valence-electron chi connectivity index (χ4n) is 2.85. The Morgan fingerprint density at radius 1 is 1.00 bits per heavy atom. The van der Waals surface area contributed by atoms with E-state index in [2.05, 4.69) is 0 Å². The minimum Gasteiger partial charge on any atom is -0.548 e. The van der Waals surface area contributed by atoms with Crippen molar-refractivity contribution in [2.45, 2.75) is 0 Å². The molecule has 1 heterocycles. The second kappa shape index (κ2) is 6.84. The number of imide groups is 1. The Kier molecular flexibility index (Phi) is 4.58. The van der Waals surface area contributed by atoms with Crippen LogP contribution in [0.2, 0.25) is 0 Å². The van der Waals surface area contributed by atoms with Crippen LogP contribution >= 0.6 is 0 Å². The standard InChI is InChI=1S/C20H18N2O4/c1-21(2)14-9-7-13(8-10-14)11-17-15-5-3-4-6-16(15)19(25)22(20(17)26)12-18(23)24/h3-11H,12H2,1-2H3,(H,23,24)/p-1/b17-11-. The molecule has 2 amide bonds. The Bertz CT molecular complexity index is 914. The zero-order valence-corrected chi connectivity index (χ0v) is 14.4. The minimum atomic E-state index is -1.49. The van der Waals surface area contributed by atoms with E-state index in [1.807, 2.05) is 43.3 Å². The van der Waals surface area contributed by atoms with Crippen LogP contribution < -0.4 is 10.0 Å². The van der Waals surface area contributed by atoms with E-state index in [9.17, 15) is 19.5 Å². The molecule has 1 aliphatic heterocycles. The van der Waals surface area contributed by atoms with Crippen molar-refractivity contribution in [1.29, 1.82) is 0 Å². The normalized spacial score (nSPS) is 15.2. The molecule has 0 atom stereocenters. The first-order valence-electron chi connectivity index (χ1n) is 8.03. The van der Waals surface area contributed by atoms with Gasteiger partial charge in [0, 0.05) is 30.9 Å². The van der Waals surface area contributed by atoms with E-state index in [4.69, 9.17) is 0 Å². The van der Waals surface area contributed by atoms with Crippen molar-refractivity contribution in [2.24, 2.45) is 0 Å². The molecule has 6 nitrogen and oxygen atoms in total. The molecule has 0 saturated heterocycles. The molecule has 0 aromatic heterocycles. The number of carboxylic acids is 1. The second-order valence-corrected chi connectivity index (χ2v) is 6.16.